The number of halogens is 2. The zero-order valence-electron chi connectivity index (χ0n) is 9.08. The van der Waals surface area contributed by atoms with Gasteiger partial charge in [-0.15, -0.1) is 0 Å². The molecule has 0 radical (unpaired) electrons. The predicted octanol–water partition coefficient (Wildman–Crippen LogP) is 3.13. The Bertz CT molecular complexity index is 560. The third kappa shape index (κ3) is 2.31. The number of pyridine rings is 1. The van der Waals surface area contributed by atoms with Crippen LogP contribution < -0.4 is 10.5 Å². The van der Waals surface area contributed by atoms with Crippen molar-refractivity contribution in [3.63, 3.8) is 0 Å². The molecule has 0 saturated carbocycles. The molecule has 0 bridgehead atoms. The molecule has 0 spiro atoms. The van der Waals surface area contributed by atoms with Gasteiger partial charge in [-0.3, -0.25) is 0 Å². The standard InChI is InChI=1S/C12H10ClFN2O/c1-17-11-4-7(13)2-3-8(11)9-5-12(15)16-6-10(9)14/h2-6H,1H3,(H2,15,16). The molecule has 2 rings (SSSR count). The van der Waals surface area contributed by atoms with Crippen LogP contribution in [0.15, 0.2) is 30.5 Å². The van der Waals surface area contributed by atoms with Gasteiger partial charge in [0.1, 0.15) is 17.4 Å². The van der Waals surface area contributed by atoms with E-state index in [1.165, 1.54) is 13.2 Å². The van der Waals surface area contributed by atoms with Crippen molar-refractivity contribution in [1.82, 2.24) is 4.98 Å². The van der Waals surface area contributed by atoms with Crippen LogP contribution >= 0.6 is 11.6 Å². The smallest absolute Gasteiger partial charge is 0.149 e. The van der Waals surface area contributed by atoms with Gasteiger partial charge in [0.2, 0.25) is 0 Å². The van der Waals surface area contributed by atoms with E-state index in [0.29, 0.717) is 21.9 Å². The Morgan fingerprint density at radius 1 is 1.29 bits per heavy atom. The lowest BCUT2D eigenvalue weighted by Crippen LogP contribution is -1.95. The van der Waals surface area contributed by atoms with Crippen LogP contribution in [0.1, 0.15) is 0 Å². The fourth-order valence-electron chi connectivity index (χ4n) is 1.55. The van der Waals surface area contributed by atoms with Gasteiger partial charge in [0, 0.05) is 16.1 Å². The summed E-state index contributed by atoms with van der Waals surface area (Å²) >= 11 is 5.84. The third-order valence-corrected chi connectivity index (χ3v) is 2.57. The number of benzene rings is 1. The highest BCUT2D eigenvalue weighted by Crippen LogP contribution is 2.34. The second kappa shape index (κ2) is 4.59. The number of rotatable bonds is 2. The molecule has 0 fully saturated rings. The first kappa shape index (κ1) is 11.7. The van der Waals surface area contributed by atoms with Gasteiger partial charge in [0.15, 0.2) is 0 Å². The molecule has 1 heterocycles. The summed E-state index contributed by atoms with van der Waals surface area (Å²) in [6.45, 7) is 0. The van der Waals surface area contributed by atoms with E-state index in [0.717, 1.165) is 6.20 Å². The quantitative estimate of drug-likeness (QED) is 0.893. The van der Waals surface area contributed by atoms with Gasteiger partial charge in [-0.25, -0.2) is 9.37 Å². The lowest BCUT2D eigenvalue weighted by molar-refractivity contribution is 0.416. The molecule has 0 atom stereocenters. The summed E-state index contributed by atoms with van der Waals surface area (Å²) in [6.07, 6.45) is 1.08. The molecule has 17 heavy (non-hydrogen) atoms. The highest BCUT2D eigenvalue weighted by Gasteiger charge is 2.11. The maximum absolute atomic E-state index is 13.7. The van der Waals surface area contributed by atoms with Crippen molar-refractivity contribution < 1.29 is 9.13 Å². The number of hydrogen-bond acceptors (Lipinski definition) is 3. The maximum atomic E-state index is 13.7. The molecule has 0 aliphatic rings. The summed E-state index contributed by atoms with van der Waals surface area (Å²) in [5.74, 6) is 0.278. The summed E-state index contributed by atoms with van der Waals surface area (Å²) in [5.41, 5.74) is 6.47. The first-order valence-corrected chi connectivity index (χ1v) is 5.24. The molecule has 3 nitrogen and oxygen atoms in total. The molecule has 2 aromatic rings. The molecular weight excluding hydrogens is 243 g/mol. The molecule has 0 saturated heterocycles. The second-order valence-corrected chi connectivity index (χ2v) is 3.87. The second-order valence-electron chi connectivity index (χ2n) is 3.43. The number of methoxy groups -OCH3 is 1. The number of nitrogens with two attached hydrogens (primary N) is 1. The summed E-state index contributed by atoms with van der Waals surface area (Å²) < 4.78 is 18.8. The van der Waals surface area contributed by atoms with Gasteiger partial charge < -0.3 is 10.5 Å². The number of nitrogen functional groups attached to an aromatic ring is 1. The van der Waals surface area contributed by atoms with Crippen LogP contribution in [0.2, 0.25) is 5.02 Å². The van der Waals surface area contributed by atoms with Crippen molar-refractivity contribution >= 4 is 17.4 Å². The Balaban J connectivity index is 2.63. The van der Waals surface area contributed by atoms with Crippen LogP contribution in [0.3, 0.4) is 0 Å². The van der Waals surface area contributed by atoms with Crippen molar-refractivity contribution in [1.29, 1.82) is 0 Å². The predicted molar refractivity (Wildman–Crippen MR) is 65.6 cm³/mol. The lowest BCUT2D eigenvalue weighted by Gasteiger charge is -2.10. The van der Waals surface area contributed by atoms with E-state index in [4.69, 9.17) is 22.1 Å². The van der Waals surface area contributed by atoms with E-state index in [-0.39, 0.29) is 5.82 Å². The molecule has 0 amide bonds. The largest absolute Gasteiger partial charge is 0.496 e. The van der Waals surface area contributed by atoms with Crippen LogP contribution in [-0.4, -0.2) is 12.1 Å². The molecule has 5 heteroatoms. The highest BCUT2D eigenvalue weighted by molar-refractivity contribution is 6.30. The van der Waals surface area contributed by atoms with Gasteiger partial charge in [0.25, 0.3) is 0 Å². The van der Waals surface area contributed by atoms with Crippen LogP contribution in [0.5, 0.6) is 5.75 Å². The van der Waals surface area contributed by atoms with Crippen molar-refractivity contribution in [2.45, 2.75) is 0 Å². The Hall–Kier alpha value is -1.81. The van der Waals surface area contributed by atoms with Gasteiger partial charge in [-0.1, -0.05) is 11.6 Å². The Morgan fingerprint density at radius 3 is 2.76 bits per heavy atom. The Kier molecular flexibility index (Phi) is 3.15. The minimum Gasteiger partial charge on any atom is -0.496 e. The fourth-order valence-corrected chi connectivity index (χ4v) is 1.71. The van der Waals surface area contributed by atoms with E-state index in [9.17, 15) is 4.39 Å². The zero-order valence-corrected chi connectivity index (χ0v) is 9.83. The normalized spacial score (nSPS) is 10.3. The molecule has 1 aromatic heterocycles. The average molecular weight is 253 g/mol. The number of nitrogens with zero attached hydrogens (tertiary/aromatic N) is 1. The summed E-state index contributed by atoms with van der Waals surface area (Å²) in [6, 6.07) is 6.42. The molecule has 1 aromatic carbocycles. The highest BCUT2D eigenvalue weighted by atomic mass is 35.5. The summed E-state index contributed by atoms with van der Waals surface area (Å²) in [5, 5.41) is 0.521. The molecular formula is C12H10ClFN2O. The lowest BCUT2D eigenvalue weighted by atomic mass is 10.1. The number of ether oxygens (including phenoxy) is 1. The summed E-state index contributed by atoms with van der Waals surface area (Å²) in [4.78, 5) is 3.67. The molecule has 2 N–H and O–H groups in total. The van der Waals surface area contributed by atoms with Gasteiger partial charge in [0.05, 0.1) is 13.3 Å². The monoisotopic (exact) mass is 252 g/mol. The summed E-state index contributed by atoms with van der Waals surface area (Å²) in [7, 11) is 1.50. The van der Waals surface area contributed by atoms with Gasteiger partial charge in [-0.05, 0) is 24.3 Å². The molecule has 0 aliphatic carbocycles. The number of anilines is 1. The van der Waals surface area contributed by atoms with Crippen molar-refractivity contribution in [2.24, 2.45) is 0 Å². The first-order chi connectivity index (χ1) is 8.11. The Labute approximate surface area is 103 Å². The van der Waals surface area contributed by atoms with Crippen LogP contribution in [0, 0.1) is 5.82 Å². The van der Waals surface area contributed by atoms with E-state index in [2.05, 4.69) is 4.98 Å². The minimum atomic E-state index is -0.458. The van der Waals surface area contributed by atoms with Crippen LogP contribution in [0.25, 0.3) is 11.1 Å². The van der Waals surface area contributed by atoms with Crippen molar-refractivity contribution in [3.05, 3.63) is 41.3 Å². The SMILES string of the molecule is COc1cc(Cl)ccc1-c1cc(N)ncc1F. The number of aromatic nitrogens is 1. The van der Waals surface area contributed by atoms with Crippen molar-refractivity contribution in [2.75, 3.05) is 12.8 Å². The van der Waals surface area contributed by atoms with Gasteiger partial charge in [-0.2, -0.15) is 0 Å². The topological polar surface area (TPSA) is 48.1 Å². The fraction of sp³-hybridized carbons (Fsp3) is 0.0833. The van der Waals surface area contributed by atoms with Crippen LogP contribution in [-0.2, 0) is 0 Å². The molecule has 88 valence electrons. The van der Waals surface area contributed by atoms with E-state index >= 15 is 0 Å². The molecule has 0 unspecified atom stereocenters. The van der Waals surface area contributed by atoms with E-state index in [1.54, 1.807) is 18.2 Å². The maximum Gasteiger partial charge on any atom is 0.149 e. The minimum absolute atomic E-state index is 0.249. The van der Waals surface area contributed by atoms with Crippen molar-refractivity contribution in [3.8, 4) is 16.9 Å². The number of hydrogen-bond donors (Lipinski definition) is 1. The molecule has 0 aliphatic heterocycles. The van der Waals surface area contributed by atoms with Crippen LogP contribution in [0.4, 0.5) is 10.2 Å². The average Bonchev–Trinajstić information content (AvgIpc) is 2.32. The van der Waals surface area contributed by atoms with Gasteiger partial charge >= 0.3 is 0 Å². The van der Waals surface area contributed by atoms with E-state index in [1.807, 2.05) is 0 Å². The van der Waals surface area contributed by atoms with E-state index < -0.39 is 5.82 Å². The zero-order chi connectivity index (χ0) is 12.4. The third-order valence-electron chi connectivity index (χ3n) is 2.33. The first-order valence-electron chi connectivity index (χ1n) is 4.86. The Morgan fingerprint density at radius 2 is 2.06 bits per heavy atom.